The first-order chi connectivity index (χ1) is 7.15. The first-order valence-corrected chi connectivity index (χ1v) is 4.09. The molecule has 0 saturated heterocycles. The lowest BCUT2D eigenvalue weighted by Gasteiger charge is -2.08. The topological polar surface area (TPSA) is 90.6 Å². The number of hydrogen-bond acceptors (Lipinski definition) is 5. The van der Waals surface area contributed by atoms with Crippen LogP contribution in [0.15, 0.2) is 12.1 Å². The van der Waals surface area contributed by atoms with Gasteiger partial charge in [-0.2, -0.15) is 5.26 Å². The van der Waals surface area contributed by atoms with Crippen LogP contribution in [-0.2, 0) is 11.3 Å². The van der Waals surface area contributed by atoms with E-state index in [9.17, 15) is 9.90 Å². The van der Waals surface area contributed by atoms with Crippen molar-refractivity contribution >= 4 is 5.97 Å². The molecular weight excluding hydrogens is 198 g/mol. The minimum absolute atomic E-state index is 0.0949. The third-order valence-electron chi connectivity index (χ3n) is 1.94. The van der Waals surface area contributed by atoms with Gasteiger partial charge in [0.05, 0.1) is 19.3 Å². The summed E-state index contributed by atoms with van der Waals surface area (Å²) in [4.78, 5) is 11.3. The number of aliphatic hydroxyl groups is 1. The molecular formula is C10H9NO4. The van der Waals surface area contributed by atoms with E-state index in [2.05, 4.69) is 4.74 Å². The Bertz CT molecular complexity index is 434. The van der Waals surface area contributed by atoms with Crippen molar-refractivity contribution in [3.8, 4) is 11.8 Å². The zero-order valence-corrected chi connectivity index (χ0v) is 8.02. The molecule has 1 aromatic carbocycles. The number of esters is 1. The molecule has 0 radical (unpaired) electrons. The first kappa shape index (κ1) is 11.0. The van der Waals surface area contributed by atoms with E-state index in [0.29, 0.717) is 0 Å². The second-order valence-electron chi connectivity index (χ2n) is 2.76. The first-order valence-electron chi connectivity index (χ1n) is 4.09. The van der Waals surface area contributed by atoms with Crippen LogP contribution in [-0.4, -0.2) is 23.3 Å². The van der Waals surface area contributed by atoms with E-state index in [1.54, 1.807) is 6.07 Å². The van der Waals surface area contributed by atoms with Crippen molar-refractivity contribution < 1.29 is 19.7 Å². The summed E-state index contributed by atoms with van der Waals surface area (Å²) in [7, 11) is 1.16. The molecule has 0 aromatic heterocycles. The molecule has 0 aliphatic heterocycles. The molecule has 1 rings (SSSR count). The van der Waals surface area contributed by atoms with E-state index in [4.69, 9.17) is 10.4 Å². The highest BCUT2D eigenvalue weighted by Gasteiger charge is 2.19. The van der Waals surface area contributed by atoms with Crippen LogP contribution in [0.25, 0.3) is 0 Å². The summed E-state index contributed by atoms with van der Waals surface area (Å²) in [5.74, 6) is -1.07. The maximum atomic E-state index is 11.3. The third kappa shape index (κ3) is 1.90. The van der Waals surface area contributed by atoms with Gasteiger partial charge in [0.2, 0.25) is 0 Å². The van der Waals surface area contributed by atoms with Crippen LogP contribution in [0.1, 0.15) is 21.5 Å². The average Bonchev–Trinajstić information content (AvgIpc) is 2.27. The summed E-state index contributed by atoms with van der Waals surface area (Å²) in [5, 5.41) is 27.1. The Hall–Kier alpha value is -2.06. The second kappa shape index (κ2) is 4.44. The van der Waals surface area contributed by atoms with Gasteiger partial charge in [-0.05, 0) is 11.6 Å². The lowest BCUT2D eigenvalue weighted by Crippen LogP contribution is -2.08. The van der Waals surface area contributed by atoms with Crippen molar-refractivity contribution in [2.45, 2.75) is 6.61 Å². The highest BCUT2D eigenvalue weighted by atomic mass is 16.5. The van der Waals surface area contributed by atoms with Crippen molar-refractivity contribution in [1.82, 2.24) is 0 Å². The number of benzene rings is 1. The van der Waals surface area contributed by atoms with Crippen LogP contribution in [0.4, 0.5) is 0 Å². The predicted molar refractivity (Wildman–Crippen MR) is 50.1 cm³/mol. The van der Waals surface area contributed by atoms with E-state index in [1.807, 2.05) is 0 Å². The van der Waals surface area contributed by atoms with Gasteiger partial charge in [0.15, 0.2) is 0 Å². The molecule has 0 fully saturated rings. The standard InChI is InChI=1S/C10H9NO4/c1-15-10(14)9-6(5-12)2-3-8(13)7(9)4-11/h2-3,12-13H,5H2,1H3. The van der Waals surface area contributed by atoms with Gasteiger partial charge >= 0.3 is 5.97 Å². The molecule has 0 saturated carbocycles. The number of phenolic OH excluding ortho intramolecular Hbond substituents is 1. The average molecular weight is 207 g/mol. The lowest BCUT2D eigenvalue weighted by molar-refractivity contribution is 0.0596. The van der Waals surface area contributed by atoms with Crippen LogP contribution in [0.3, 0.4) is 0 Å². The molecule has 5 heteroatoms. The van der Waals surface area contributed by atoms with Crippen molar-refractivity contribution in [3.63, 3.8) is 0 Å². The number of phenols is 1. The van der Waals surface area contributed by atoms with E-state index < -0.39 is 12.6 Å². The maximum Gasteiger partial charge on any atom is 0.339 e. The third-order valence-corrected chi connectivity index (χ3v) is 1.94. The molecule has 0 atom stereocenters. The van der Waals surface area contributed by atoms with Gasteiger partial charge in [0, 0.05) is 0 Å². The van der Waals surface area contributed by atoms with E-state index >= 15 is 0 Å². The number of methoxy groups -OCH3 is 1. The number of nitriles is 1. The zero-order valence-electron chi connectivity index (χ0n) is 8.02. The number of carbonyl (C=O) groups is 1. The van der Waals surface area contributed by atoms with Crippen LogP contribution in [0.5, 0.6) is 5.75 Å². The Balaban J connectivity index is 3.49. The lowest BCUT2D eigenvalue weighted by atomic mass is 10.0. The van der Waals surface area contributed by atoms with Crippen LogP contribution < -0.4 is 0 Å². The number of rotatable bonds is 2. The monoisotopic (exact) mass is 207 g/mol. The van der Waals surface area contributed by atoms with Crippen LogP contribution >= 0.6 is 0 Å². The normalized spacial score (nSPS) is 9.40. The summed E-state index contributed by atoms with van der Waals surface area (Å²) in [6.07, 6.45) is 0. The van der Waals surface area contributed by atoms with Crippen LogP contribution in [0.2, 0.25) is 0 Å². The summed E-state index contributed by atoms with van der Waals surface area (Å²) >= 11 is 0. The molecule has 78 valence electrons. The molecule has 0 heterocycles. The van der Waals surface area contributed by atoms with E-state index in [-0.39, 0.29) is 22.4 Å². The van der Waals surface area contributed by atoms with Gasteiger partial charge in [-0.1, -0.05) is 6.07 Å². The number of carbonyl (C=O) groups excluding carboxylic acids is 1. The fraction of sp³-hybridized carbons (Fsp3) is 0.200. The molecule has 0 bridgehead atoms. The molecule has 1 aromatic rings. The minimum Gasteiger partial charge on any atom is -0.507 e. The van der Waals surface area contributed by atoms with Gasteiger partial charge in [-0.25, -0.2) is 4.79 Å². The van der Waals surface area contributed by atoms with Gasteiger partial charge in [0.25, 0.3) is 0 Å². The number of aliphatic hydroxyl groups excluding tert-OH is 1. The van der Waals surface area contributed by atoms with Gasteiger partial charge in [-0.15, -0.1) is 0 Å². The molecule has 0 spiro atoms. The quantitative estimate of drug-likeness (QED) is 0.691. The molecule has 2 N–H and O–H groups in total. The fourth-order valence-corrected chi connectivity index (χ4v) is 1.21. The smallest absolute Gasteiger partial charge is 0.339 e. The summed E-state index contributed by atoms with van der Waals surface area (Å²) in [6, 6.07) is 4.30. The van der Waals surface area contributed by atoms with Gasteiger partial charge in [0.1, 0.15) is 17.4 Å². The fourth-order valence-electron chi connectivity index (χ4n) is 1.21. The highest BCUT2D eigenvalue weighted by molar-refractivity contribution is 5.94. The number of nitrogens with zero attached hydrogens (tertiary/aromatic N) is 1. The van der Waals surface area contributed by atoms with Crippen molar-refractivity contribution in [3.05, 3.63) is 28.8 Å². The molecule has 0 aliphatic carbocycles. The largest absolute Gasteiger partial charge is 0.507 e. The minimum atomic E-state index is -0.758. The highest BCUT2D eigenvalue weighted by Crippen LogP contribution is 2.24. The van der Waals surface area contributed by atoms with Crippen LogP contribution in [0, 0.1) is 11.3 Å². The predicted octanol–water partition coefficient (Wildman–Crippen LogP) is 0.543. The summed E-state index contributed by atoms with van der Waals surface area (Å²) in [5.41, 5.74) is -0.0351. The molecule has 5 nitrogen and oxygen atoms in total. The molecule has 0 aliphatic rings. The van der Waals surface area contributed by atoms with Crippen molar-refractivity contribution in [2.24, 2.45) is 0 Å². The zero-order chi connectivity index (χ0) is 11.4. The van der Waals surface area contributed by atoms with Crippen molar-refractivity contribution in [2.75, 3.05) is 7.11 Å². The Morgan fingerprint density at radius 1 is 1.60 bits per heavy atom. The number of ether oxygens (including phenoxy) is 1. The Labute approximate surface area is 86.1 Å². The van der Waals surface area contributed by atoms with Crippen molar-refractivity contribution in [1.29, 1.82) is 5.26 Å². The summed E-state index contributed by atoms with van der Waals surface area (Å²) in [6.45, 7) is -0.403. The van der Waals surface area contributed by atoms with Gasteiger partial charge in [-0.3, -0.25) is 0 Å². The SMILES string of the molecule is COC(=O)c1c(CO)ccc(O)c1C#N. The second-order valence-corrected chi connectivity index (χ2v) is 2.76. The Morgan fingerprint density at radius 3 is 2.73 bits per heavy atom. The maximum absolute atomic E-state index is 11.3. The number of hydrogen-bond donors (Lipinski definition) is 2. The summed E-state index contributed by atoms with van der Waals surface area (Å²) < 4.78 is 4.46. The Kier molecular flexibility index (Phi) is 3.26. The molecule has 0 unspecified atom stereocenters. The van der Waals surface area contributed by atoms with Gasteiger partial charge < -0.3 is 14.9 Å². The van der Waals surface area contributed by atoms with E-state index in [1.165, 1.54) is 12.1 Å². The number of aromatic hydroxyl groups is 1. The van der Waals surface area contributed by atoms with E-state index in [0.717, 1.165) is 7.11 Å². The molecule has 15 heavy (non-hydrogen) atoms. The molecule has 0 amide bonds. The Morgan fingerprint density at radius 2 is 2.27 bits per heavy atom.